The van der Waals surface area contributed by atoms with Crippen LogP contribution >= 0.6 is 0 Å². The Bertz CT molecular complexity index is 806. The number of rotatable bonds is 4. The second kappa shape index (κ2) is 5.89. The smallest absolute Gasteiger partial charge is 0.224 e. The maximum Gasteiger partial charge on any atom is 0.224 e. The fourth-order valence-electron chi connectivity index (χ4n) is 2.47. The van der Waals surface area contributed by atoms with Crippen LogP contribution in [-0.4, -0.2) is 20.4 Å². The molecule has 0 fully saturated rings. The highest BCUT2D eigenvalue weighted by Crippen LogP contribution is 2.16. The van der Waals surface area contributed by atoms with Crippen LogP contribution in [0.2, 0.25) is 0 Å². The van der Waals surface area contributed by atoms with Crippen LogP contribution in [0.15, 0.2) is 48.7 Å². The molecule has 5 heteroatoms. The molecule has 0 unspecified atom stereocenters. The van der Waals surface area contributed by atoms with E-state index in [2.05, 4.69) is 10.3 Å². The predicted molar refractivity (Wildman–Crippen MR) is 85.0 cm³/mol. The Kier molecular flexibility index (Phi) is 3.78. The Hall–Kier alpha value is -2.82. The van der Waals surface area contributed by atoms with Gasteiger partial charge in [0, 0.05) is 24.0 Å². The number of anilines is 1. The first-order chi connectivity index (χ1) is 10.6. The van der Waals surface area contributed by atoms with Gasteiger partial charge in [0.1, 0.15) is 11.4 Å². The third kappa shape index (κ3) is 2.93. The van der Waals surface area contributed by atoms with Crippen molar-refractivity contribution in [3.05, 3.63) is 60.0 Å². The van der Waals surface area contributed by atoms with Gasteiger partial charge in [0.15, 0.2) is 0 Å². The molecule has 0 bridgehead atoms. The van der Waals surface area contributed by atoms with Crippen molar-refractivity contribution < 1.29 is 9.90 Å². The largest absolute Gasteiger partial charge is 0.508 e. The maximum absolute atomic E-state index is 12.0. The number of amides is 1. The number of carbonyl (C=O) groups is 1. The van der Waals surface area contributed by atoms with Gasteiger partial charge in [0.2, 0.25) is 5.91 Å². The lowest BCUT2D eigenvalue weighted by Crippen LogP contribution is -2.13. The first-order valence-electron chi connectivity index (χ1n) is 7.15. The zero-order valence-electron chi connectivity index (χ0n) is 12.3. The van der Waals surface area contributed by atoms with Crippen molar-refractivity contribution in [2.75, 3.05) is 5.32 Å². The molecule has 0 aliphatic carbocycles. The van der Waals surface area contributed by atoms with Crippen LogP contribution in [0.1, 0.15) is 17.8 Å². The molecule has 5 nitrogen and oxygen atoms in total. The lowest BCUT2D eigenvalue weighted by Gasteiger charge is -2.06. The molecule has 2 heterocycles. The van der Waals surface area contributed by atoms with Gasteiger partial charge in [-0.1, -0.05) is 6.07 Å². The number of hydrogen-bond donors (Lipinski definition) is 2. The van der Waals surface area contributed by atoms with Gasteiger partial charge in [-0.15, -0.1) is 0 Å². The number of aryl methyl sites for hydroxylation is 2. The normalized spacial score (nSPS) is 10.8. The topological polar surface area (TPSA) is 66.6 Å². The molecule has 22 heavy (non-hydrogen) atoms. The van der Waals surface area contributed by atoms with E-state index in [4.69, 9.17) is 0 Å². The van der Waals surface area contributed by atoms with Gasteiger partial charge in [0.05, 0.1) is 5.69 Å². The number of fused-ring (bicyclic) bond motifs is 1. The van der Waals surface area contributed by atoms with Gasteiger partial charge in [0.25, 0.3) is 0 Å². The Balaban J connectivity index is 1.67. The predicted octanol–water partition coefficient (Wildman–Crippen LogP) is 2.92. The molecule has 112 valence electrons. The molecule has 0 saturated carbocycles. The van der Waals surface area contributed by atoms with Crippen LogP contribution in [0.5, 0.6) is 5.75 Å². The summed E-state index contributed by atoms with van der Waals surface area (Å²) in [6.07, 6.45) is 2.97. The molecular weight excluding hydrogens is 278 g/mol. The summed E-state index contributed by atoms with van der Waals surface area (Å²) >= 11 is 0. The van der Waals surface area contributed by atoms with Crippen LogP contribution in [-0.2, 0) is 11.2 Å². The number of imidazole rings is 1. The first-order valence-corrected chi connectivity index (χ1v) is 7.15. The van der Waals surface area contributed by atoms with Gasteiger partial charge in [-0.05, 0) is 49.7 Å². The van der Waals surface area contributed by atoms with Crippen molar-refractivity contribution in [1.29, 1.82) is 0 Å². The Morgan fingerprint density at radius 1 is 1.23 bits per heavy atom. The molecule has 1 amide bonds. The number of aromatic hydroxyl groups is 1. The van der Waals surface area contributed by atoms with Crippen molar-refractivity contribution in [3.63, 3.8) is 0 Å². The SMILES string of the molecule is Cc1nc2ccccn2c1CCC(=O)Nc1ccc(O)cc1. The summed E-state index contributed by atoms with van der Waals surface area (Å²) in [7, 11) is 0. The lowest BCUT2D eigenvalue weighted by molar-refractivity contribution is -0.116. The van der Waals surface area contributed by atoms with E-state index in [1.165, 1.54) is 0 Å². The lowest BCUT2D eigenvalue weighted by atomic mass is 10.2. The molecule has 3 aromatic rings. The summed E-state index contributed by atoms with van der Waals surface area (Å²) in [5.74, 6) is 0.121. The molecule has 0 saturated heterocycles. The van der Waals surface area contributed by atoms with Gasteiger partial charge in [-0.25, -0.2) is 4.98 Å². The number of nitrogens with zero attached hydrogens (tertiary/aromatic N) is 2. The number of pyridine rings is 1. The quantitative estimate of drug-likeness (QED) is 0.727. The van der Waals surface area contributed by atoms with Crippen LogP contribution in [0.25, 0.3) is 5.65 Å². The average Bonchev–Trinajstić information content (AvgIpc) is 2.83. The van der Waals surface area contributed by atoms with E-state index in [-0.39, 0.29) is 11.7 Å². The Morgan fingerprint density at radius 3 is 2.77 bits per heavy atom. The molecule has 0 spiro atoms. The highest BCUT2D eigenvalue weighted by Gasteiger charge is 2.10. The summed E-state index contributed by atoms with van der Waals surface area (Å²) < 4.78 is 2.02. The minimum Gasteiger partial charge on any atom is -0.508 e. The number of hydrogen-bond acceptors (Lipinski definition) is 3. The van der Waals surface area contributed by atoms with Crippen molar-refractivity contribution in [2.24, 2.45) is 0 Å². The molecule has 0 aliphatic heterocycles. The second-order valence-corrected chi connectivity index (χ2v) is 5.17. The van der Waals surface area contributed by atoms with Gasteiger partial charge in [-0.2, -0.15) is 0 Å². The number of nitrogens with one attached hydrogen (secondary N) is 1. The summed E-state index contributed by atoms with van der Waals surface area (Å²) in [5, 5.41) is 12.0. The maximum atomic E-state index is 12.0. The minimum atomic E-state index is -0.0593. The summed E-state index contributed by atoms with van der Waals surface area (Å²) in [6.45, 7) is 1.96. The summed E-state index contributed by atoms with van der Waals surface area (Å²) in [6, 6.07) is 12.3. The first kappa shape index (κ1) is 14.1. The van der Waals surface area contributed by atoms with Crippen molar-refractivity contribution in [3.8, 4) is 5.75 Å². The van der Waals surface area contributed by atoms with E-state index < -0.39 is 0 Å². The molecule has 0 atom stereocenters. The fourth-order valence-corrected chi connectivity index (χ4v) is 2.47. The monoisotopic (exact) mass is 295 g/mol. The molecular formula is C17H17N3O2. The standard InChI is InChI=1S/C17H17N3O2/c1-12-15(20-11-3-2-4-16(20)18-12)9-10-17(22)19-13-5-7-14(21)8-6-13/h2-8,11,21H,9-10H2,1H3,(H,19,22). The highest BCUT2D eigenvalue weighted by molar-refractivity contribution is 5.90. The van der Waals surface area contributed by atoms with Crippen LogP contribution in [0, 0.1) is 6.92 Å². The number of phenolic OH excluding ortho intramolecular Hbond substituents is 1. The van der Waals surface area contributed by atoms with Crippen molar-refractivity contribution in [2.45, 2.75) is 19.8 Å². The molecule has 2 N–H and O–H groups in total. The van der Waals surface area contributed by atoms with E-state index in [1.54, 1.807) is 24.3 Å². The van der Waals surface area contributed by atoms with E-state index in [9.17, 15) is 9.90 Å². The molecule has 3 rings (SSSR count). The van der Waals surface area contributed by atoms with Gasteiger partial charge >= 0.3 is 0 Å². The zero-order chi connectivity index (χ0) is 15.5. The van der Waals surface area contributed by atoms with E-state index in [0.29, 0.717) is 18.5 Å². The minimum absolute atomic E-state index is 0.0593. The fraction of sp³-hybridized carbons (Fsp3) is 0.176. The summed E-state index contributed by atoms with van der Waals surface area (Å²) in [5.41, 5.74) is 3.58. The van der Waals surface area contributed by atoms with E-state index >= 15 is 0 Å². The van der Waals surface area contributed by atoms with Crippen LogP contribution in [0.3, 0.4) is 0 Å². The molecule has 0 radical (unpaired) electrons. The highest BCUT2D eigenvalue weighted by atomic mass is 16.3. The van der Waals surface area contributed by atoms with Crippen LogP contribution < -0.4 is 5.32 Å². The molecule has 2 aromatic heterocycles. The number of phenols is 1. The van der Waals surface area contributed by atoms with Crippen molar-refractivity contribution >= 4 is 17.2 Å². The third-order valence-electron chi connectivity index (χ3n) is 3.57. The molecule has 0 aliphatic rings. The average molecular weight is 295 g/mol. The third-order valence-corrected chi connectivity index (χ3v) is 3.57. The second-order valence-electron chi connectivity index (χ2n) is 5.17. The summed E-state index contributed by atoms with van der Waals surface area (Å²) in [4.78, 5) is 16.5. The Labute approximate surface area is 128 Å². The number of benzene rings is 1. The molecule has 1 aromatic carbocycles. The number of carbonyl (C=O) groups excluding carboxylic acids is 1. The van der Waals surface area contributed by atoms with E-state index in [1.807, 2.05) is 35.7 Å². The zero-order valence-corrected chi connectivity index (χ0v) is 12.3. The van der Waals surface area contributed by atoms with E-state index in [0.717, 1.165) is 17.0 Å². The Morgan fingerprint density at radius 2 is 2.00 bits per heavy atom. The van der Waals surface area contributed by atoms with Gasteiger partial charge < -0.3 is 14.8 Å². The van der Waals surface area contributed by atoms with Gasteiger partial charge in [-0.3, -0.25) is 4.79 Å². The number of aromatic nitrogens is 2. The van der Waals surface area contributed by atoms with Crippen molar-refractivity contribution in [1.82, 2.24) is 9.38 Å². The van der Waals surface area contributed by atoms with Crippen LogP contribution in [0.4, 0.5) is 5.69 Å².